The minimum Gasteiger partial charge on any atom is -0.467 e. The first-order valence-electron chi connectivity index (χ1n) is 8.81. The first-order valence-corrected chi connectivity index (χ1v) is 9.79. The number of furan rings is 1. The molecule has 1 aliphatic rings. The Morgan fingerprint density at radius 1 is 1.11 bits per heavy atom. The van der Waals surface area contributed by atoms with Gasteiger partial charge in [0.25, 0.3) is 0 Å². The second-order valence-electron chi connectivity index (χ2n) is 6.09. The Labute approximate surface area is 161 Å². The van der Waals surface area contributed by atoms with Crippen LogP contribution in [0.15, 0.2) is 52.1 Å². The molecule has 140 valence electrons. The topological polar surface area (TPSA) is 80.5 Å². The summed E-state index contributed by atoms with van der Waals surface area (Å²) >= 11 is 1.40. The van der Waals surface area contributed by atoms with Gasteiger partial charge in [0.05, 0.1) is 42.8 Å². The van der Waals surface area contributed by atoms with E-state index in [9.17, 15) is 4.79 Å². The fraction of sp³-hybridized carbons (Fsp3) is 0.316. The molecule has 1 aromatic carbocycles. The lowest BCUT2D eigenvalue weighted by molar-refractivity contribution is -0.118. The summed E-state index contributed by atoms with van der Waals surface area (Å²) in [4.78, 5) is 23.9. The van der Waals surface area contributed by atoms with Crippen molar-refractivity contribution < 1.29 is 13.9 Å². The molecule has 27 heavy (non-hydrogen) atoms. The molecule has 1 aliphatic heterocycles. The van der Waals surface area contributed by atoms with Gasteiger partial charge in [0.15, 0.2) is 5.82 Å². The average molecular weight is 384 g/mol. The number of rotatable bonds is 6. The van der Waals surface area contributed by atoms with E-state index in [-0.39, 0.29) is 11.7 Å². The molecule has 8 heteroatoms. The van der Waals surface area contributed by atoms with Crippen molar-refractivity contribution in [3.63, 3.8) is 0 Å². The van der Waals surface area contributed by atoms with Crippen LogP contribution in [0.2, 0.25) is 0 Å². The summed E-state index contributed by atoms with van der Waals surface area (Å²) in [5, 5.41) is 3.62. The first-order chi connectivity index (χ1) is 13.3. The minimum absolute atomic E-state index is 0.0701. The SMILES string of the molecule is O=C(CSc1nc2ccccc2nc1N1CCOCC1)NCc1ccco1. The Bertz CT molecular complexity index is 910. The van der Waals surface area contributed by atoms with Gasteiger partial charge in [-0.05, 0) is 24.3 Å². The van der Waals surface area contributed by atoms with Crippen LogP contribution in [0, 0.1) is 0 Å². The van der Waals surface area contributed by atoms with E-state index in [1.807, 2.05) is 30.3 Å². The molecule has 1 fully saturated rings. The summed E-state index contributed by atoms with van der Waals surface area (Å²) in [6, 6.07) is 11.4. The quantitative estimate of drug-likeness (QED) is 0.654. The highest BCUT2D eigenvalue weighted by Crippen LogP contribution is 2.29. The molecule has 0 bridgehead atoms. The maximum absolute atomic E-state index is 12.2. The molecule has 1 N–H and O–H groups in total. The zero-order valence-corrected chi connectivity index (χ0v) is 15.6. The number of morpholine rings is 1. The normalized spacial score (nSPS) is 14.4. The molecule has 4 rings (SSSR count). The van der Waals surface area contributed by atoms with E-state index < -0.39 is 0 Å². The first kappa shape index (κ1) is 17.8. The van der Waals surface area contributed by atoms with Gasteiger partial charge < -0.3 is 19.4 Å². The van der Waals surface area contributed by atoms with Crippen LogP contribution in [0.4, 0.5) is 5.82 Å². The van der Waals surface area contributed by atoms with E-state index in [1.54, 1.807) is 12.3 Å². The van der Waals surface area contributed by atoms with Crippen LogP contribution in [0.25, 0.3) is 11.0 Å². The second-order valence-corrected chi connectivity index (χ2v) is 7.05. The zero-order valence-electron chi connectivity index (χ0n) is 14.8. The number of amides is 1. The number of anilines is 1. The summed E-state index contributed by atoms with van der Waals surface area (Å²) in [6.45, 7) is 3.26. The number of carbonyl (C=O) groups is 1. The lowest BCUT2D eigenvalue weighted by atomic mass is 10.3. The highest BCUT2D eigenvalue weighted by atomic mass is 32.2. The van der Waals surface area contributed by atoms with E-state index >= 15 is 0 Å². The fourth-order valence-corrected chi connectivity index (χ4v) is 3.67. The molecule has 0 saturated carbocycles. The fourth-order valence-electron chi connectivity index (χ4n) is 2.84. The van der Waals surface area contributed by atoms with E-state index in [0.717, 1.165) is 40.7 Å². The van der Waals surface area contributed by atoms with Gasteiger partial charge in [-0.25, -0.2) is 9.97 Å². The Balaban J connectivity index is 1.49. The van der Waals surface area contributed by atoms with Crippen LogP contribution < -0.4 is 10.2 Å². The molecule has 3 aromatic rings. The van der Waals surface area contributed by atoms with Gasteiger partial charge in [0.1, 0.15) is 10.8 Å². The predicted molar refractivity (Wildman–Crippen MR) is 104 cm³/mol. The lowest BCUT2D eigenvalue weighted by Crippen LogP contribution is -2.37. The van der Waals surface area contributed by atoms with Crippen LogP contribution >= 0.6 is 11.8 Å². The Kier molecular flexibility index (Phi) is 5.55. The number of ether oxygens (including phenoxy) is 1. The van der Waals surface area contributed by atoms with Crippen LogP contribution in [0.1, 0.15) is 5.76 Å². The molecule has 0 aliphatic carbocycles. The summed E-state index contributed by atoms with van der Waals surface area (Å²) in [7, 11) is 0. The average Bonchev–Trinajstić information content (AvgIpc) is 3.24. The Morgan fingerprint density at radius 2 is 1.89 bits per heavy atom. The number of nitrogens with one attached hydrogen (secondary N) is 1. The van der Waals surface area contributed by atoms with Gasteiger partial charge in [0, 0.05) is 13.1 Å². The summed E-state index contributed by atoms with van der Waals surface area (Å²) in [5.41, 5.74) is 1.68. The van der Waals surface area contributed by atoms with E-state index in [4.69, 9.17) is 19.1 Å². The number of aromatic nitrogens is 2. The maximum atomic E-state index is 12.2. The van der Waals surface area contributed by atoms with Gasteiger partial charge in [-0.1, -0.05) is 23.9 Å². The Morgan fingerprint density at radius 3 is 2.63 bits per heavy atom. The van der Waals surface area contributed by atoms with Crippen LogP contribution in [-0.4, -0.2) is 47.9 Å². The Hall–Kier alpha value is -2.58. The van der Waals surface area contributed by atoms with Gasteiger partial charge in [-0.3, -0.25) is 4.79 Å². The highest BCUT2D eigenvalue weighted by molar-refractivity contribution is 8.00. The van der Waals surface area contributed by atoms with Crippen molar-refractivity contribution in [2.75, 3.05) is 37.0 Å². The summed E-state index contributed by atoms with van der Waals surface area (Å²) in [5.74, 6) is 1.75. The molecule has 0 radical (unpaired) electrons. The predicted octanol–water partition coefficient (Wildman–Crippen LogP) is 2.47. The number of carbonyl (C=O) groups excluding carboxylic acids is 1. The van der Waals surface area contributed by atoms with Crippen LogP contribution in [0.5, 0.6) is 0 Å². The van der Waals surface area contributed by atoms with Gasteiger partial charge in [-0.15, -0.1) is 0 Å². The van der Waals surface area contributed by atoms with E-state index in [1.165, 1.54) is 11.8 Å². The van der Waals surface area contributed by atoms with Crippen molar-refractivity contribution >= 4 is 34.5 Å². The smallest absolute Gasteiger partial charge is 0.230 e. The number of fused-ring (bicyclic) bond motifs is 1. The standard InChI is InChI=1S/C19H20N4O3S/c24-17(20-12-14-4-3-9-26-14)13-27-19-18(23-7-10-25-11-8-23)21-15-5-1-2-6-16(15)22-19/h1-6,9H,7-8,10-13H2,(H,20,24). The maximum Gasteiger partial charge on any atom is 0.230 e. The van der Waals surface area contributed by atoms with Crippen molar-refractivity contribution in [3.05, 3.63) is 48.4 Å². The number of hydrogen-bond donors (Lipinski definition) is 1. The molecular formula is C19H20N4O3S. The van der Waals surface area contributed by atoms with Crippen LogP contribution in [0.3, 0.4) is 0 Å². The third-order valence-electron chi connectivity index (χ3n) is 4.21. The summed E-state index contributed by atoms with van der Waals surface area (Å²) < 4.78 is 10.7. The van der Waals surface area contributed by atoms with Crippen molar-refractivity contribution in [1.29, 1.82) is 0 Å². The zero-order chi connectivity index (χ0) is 18.5. The highest BCUT2D eigenvalue weighted by Gasteiger charge is 2.19. The van der Waals surface area contributed by atoms with Crippen molar-refractivity contribution in [2.45, 2.75) is 11.6 Å². The number of nitrogens with zero attached hydrogens (tertiary/aromatic N) is 3. The molecule has 7 nitrogen and oxygen atoms in total. The van der Waals surface area contributed by atoms with Crippen molar-refractivity contribution in [1.82, 2.24) is 15.3 Å². The van der Waals surface area contributed by atoms with Crippen molar-refractivity contribution in [3.8, 4) is 0 Å². The monoisotopic (exact) mass is 384 g/mol. The number of hydrogen-bond acceptors (Lipinski definition) is 7. The van der Waals surface area contributed by atoms with Gasteiger partial charge >= 0.3 is 0 Å². The van der Waals surface area contributed by atoms with E-state index in [2.05, 4.69) is 10.2 Å². The number of para-hydroxylation sites is 2. The third-order valence-corrected chi connectivity index (χ3v) is 5.17. The molecule has 0 unspecified atom stereocenters. The summed E-state index contributed by atoms with van der Waals surface area (Å²) in [6.07, 6.45) is 1.59. The van der Waals surface area contributed by atoms with Gasteiger partial charge in [0.2, 0.25) is 5.91 Å². The lowest BCUT2D eigenvalue weighted by Gasteiger charge is -2.29. The van der Waals surface area contributed by atoms with Crippen molar-refractivity contribution in [2.24, 2.45) is 0 Å². The number of benzene rings is 1. The molecule has 0 spiro atoms. The molecular weight excluding hydrogens is 364 g/mol. The molecule has 2 aromatic heterocycles. The molecule has 1 amide bonds. The van der Waals surface area contributed by atoms with Crippen LogP contribution in [-0.2, 0) is 16.1 Å². The van der Waals surface area contributed by atoms with Gasteiger partial charge in [-0.2, -0.15) is 0 Å². The minimum atomic E-state index is -0.0701. The van der Waals surface area contributed by atoms with E-state index in [0.29, 0.717) is 19.8 Å². The molecule has 0 atom stereocenters. The largest absolute Gasteiger partial charge is 0.467 e. The number of thioether (sulfide) groups is 1. The third kappa shape index (κ3) is 4.40. The second kappa shape index (κ2) is 8.41. The molecule has 1 saturated heterocycles. The molecule has 3 heterocycles.